The maximum Gasteiger partial charge on any atom is 0.263 e. The number of nitrogens with one attached hydrogen (secondary N) is 1. The Hall–Kier alpha value is -2.30. The topological polar surface area (TPSA) is 64.4 Å². The van der Waals surface area contributed by atoms with Gasteiger partial charge in [0.15, 0.2) is 12.4 Å². The molecule has 0 unspecified atom stereocenters. The lowest BCUT2D eigenvalue weighted by Gasteiger charge is -2.15. The monoisotopic (exact) mass is 288 g/mol. The molecular formula is C16H20N2O3. The Morgan fingerprint density at radius 1 is 1.43 bits per heavy atom. The van der Waals surface area contributed by atoms with Gasteiger partial charge in [-0.1, -0.05) is 37.2 Å². The van der Waals surface area contributed by atoms with Gasteiger partial charge in [-0.05, 0) is 30.9 Å². The normalized spacial score (nSPS) is 12.0. The van der Waals surface area contributed by atoms with Gasteiger partial charge in [0.1, 0.15) is 11.5 Å². The van der Waals surface area contributed by atoms with Crippen LogP contribution in [0.15, 0.2) is 34.9 Å². The van der Waals surface area contributed by atoms with Crippen molar-refractivity contribution < 1.29 is 14.1 Å². The molecule has 1 atom stereocenters. The molecule has 0 spiro atoms. The van der Waals surface area contributed by atoms with E-state index in [4.69, 9.17) is 9.26 Å². The zero-order valence-electron chi connectivity index (χ0n) is 12.6. The Kier molecular flexibility index (Phi) is 4.98. The van der Waals surface area contributed by atoms with Crippen LogP contribution in [0.25, 0.3) is 0 Å². The van der Waals surface area contributed by atoms with Gasteiger partial charge in [-0.25, -0.2) is 0 Å². The van der Waals surface area contributed by atoms with E-state index < -0.39 is 0 Å². The first kappa shape index (κ1) is 15.1. The van der Waals surface area contributed by atoms with E-state index in [1.807, 2.05) is 24.3 Å². The summed E-state index contributed by atoms with van der Waals surface area (Å²) in [5.41, 5.74) is 1.12. The molecule has 1 heterocycles. The van der Waals surface area contributed by atoms with Crippen molar-refractivity contribution >= 4 is 11.7 Å². The summed E-state index contributed by atoms with van der Waals surface area (Å²) in [6.45, 7) is 5.97. The number of hydrogen-bond acceptors (Lipinski definition) is 4. The number of carbonyl (C=O) groups is 1. The van der Waals surface area contributed by atoms with E-state index >= 15 is 0 Å². The van der Waals surface area contributed by atoms with Gasteiger partial charge in [0.2, 0.25) is 0 Å². The summed E-state index contributed by atoms with van der Waals surface area (Å²) in [5.74, 6) is 1.92. The molecule has 0 aliphatic carbocycles. The number of ether oxygens (including phenoxy) is 1. The van der Waals surface area contributed by atoms with Gasteiger partial charge in [-0.3, -0.25) is 4.79 Å². The SMILES string of the molecule is CC[C@@H](C)c1ccccc1OCC(=O)Nc1cc(C)on1. The minimum absolute atomic E-state index is 0.0562. The first-order chi connectivity index (χ1) is 10.1. The van der Waals surface area contributed by atoms with Crippen molar-refractivity contribution in [2.24, 2.45) is 0 Å². The minimum Gasteiger partial charge on any atom is -0.483 e. The maximum absolute atomic E-state index is 11.8. The summed E-state index contributed by atoms with van der Waals surface area (Å²) in [6.07, 6.45) is 1.02. The maximum atomic E-state index is 11.8. The smallest absolute Gasteiger partial charge is 0.263 e. The molecule has 0 bridgehead atoms. The number of benzene rings is 1. The van der Waals surface area contributed by atoms with Crippen molar-refractivity contribution in [1.82, 2.24) is 5.16 Å². The molecule has 21 heavy (non-hydrogen) atoms. The fraction of sp³-hybridized carbons (Fsp3) is 0.375. The summed E-state index contributed by atoms with van der Waals surface area (Å²) < 4.78 is 10.5. The van der Waals surface area contributed by atoms with Crippen LogP contribution in [0.2, 0.25) is 0 Å². The molecule has 1 aromatic heterocycles. The van der Waals surface area contributed by atoms with Gasteiger partial charge in [-0.15, -0.1) is 0 Å². The third-order valence-corrected chi connectivity index (χ3v) is 3.32. The molecule has 112 valence electrons. The molecule has 0 saturated heterocycles. The number of nitrogens with zero attached hydrogens (tertiary/aromatic N) is 1. The van der Waals surface area contributed by atoms with Crippen LogP contribution in [-0.2, 0) is 4.79 Å². The predicted molar refractivity (Wildman–Crippen MR) is 80.5 cm³/mol. The van der Waals surface area contributed by atoms with E-state index in [1.165, 1.54) is 0 Å². The number of anilines is 1. The van der Waals surface area contributed by atoms with E-state index in [1.54, 1.807) is 13.0 Å². The number of aryl methyl sites for hydroxylation is 1. The highest BCUT2D eigenvalue weighted by Crippen LogP contribution is 2.28. The molecule has 0 aliphatic rings. The quantitative estimate of drug-likeness (QED) is 0.883. The highest BCUT2D eigenvalue weighted by Gasteiger charge is 2.12. The van der Waals surface area contributed by atoms with E-state index in [-0.39, 0.29) is 12.5 Å². The molecule has 0 aliphatic heterocycles. The van der Waals surface area contributed by atoms with Crippen molar-refractivity contribution in [2.45, 2.75) is 33.1 Å². The van der Waals surface area contributed by atoms with E-state index in [9.17, 15) is 4.79 Å². The van der Waals surface area contributed by atoms with Crippen LogP contribution in [-0.4, -0.2) is 17.7 Å². The van der Waals surface area contributed by atoms with Crippen molar-refractivity contribution in [2.75, 3.05) is 11.9 Å². The lowest BCUT2D eigenvalue weighted by atomic mass is 9.98. The third-order valence-electron chi connectivity index (χ3n) is 3.32. The van der Waals surface area contributed by atoms with Crippen LogP contribution < -0.4 is 10.1 Å². The van der Waals surface area contributed by atoms with E-state index in [0.29, 0.717) is 17.5 Å². The first-order valence-corrected chi connectivity index (χ1v) is 7.05. The van der Waals surface area contributed by atoms with E-state index in [0.717, 1.165) is 17.7 Å². The highest BCUT2D eigenvalue weighted by atomic mass is 16.5. The zero-order valence-corrected chi connectivity index (χ0v) is 12.6. The lowest BCUT2D eigenvalue weighted by Crippen LogP contribution is -2.20. The van der Waals surface area contributed by atoms with Crippen LogP contribution in [0, 0.1) is 6.92 Å². The Bertz CT molecular complexity index is 607. The van der Waals surface area contributed by atoms with Crippen LogP contribution >= 0.6 is 0 Å². The molecule has 2 aromatic rings. The van der Waals surface area contributed by atoms with Crippen molar-refractivity contribution in [3.63, 3.8) is 0 Å². The second kappa shape index (κ2) is 6.92. The Morgan fingerprint density at radius 2 is 2.19 bits per heavy atom. The Balaban J connectivity index is 1.95. The minimum atomic E-state index is -0.262. The predicted octanol–water partition coefficient (Wildman–Crippen LogP) is 3.51. The summed E-state index contributed by atoms with van der Waals surface area (Å²) in [4.78, 5) is 11.8. The summed E-state index contributed by atoms with van der Waals surface area (Å²) in [5, 5.41) is 6.33. The molecule has 1 N–H and O–H groups in total. The standard InChI is InChI=1S/C16H20N2O3/c1-4-11(2)13-7-5-6-8-14(13)20-10-16(19)17-15-9-12(3)21-18-15/h5-9,11H,4,10H2,1-3H3,(H,17,18,19)/t11-/m1/s1. The molecule has 0 fully saturated rings. The molecule has 1 amide bonds. The fourth-order valence-electron chi connectivity index (χ4n) is 1.99. The first-order valence-electron chi connectivity index (χ1n) is 7.05. The van der Waals surface area contributed by atoms with Crippen molar-refractivity contribution in [3.8, 4) is 5.75 Å². The van der Waals surface area contributed by atoms with Crippen LogP contribution in [0.3, 0.4) is 0 Å². The molecule has 5 nitrogen and oxygen atoms in total. The highest BCUT2D eigenvalue weighted by molar-refractivity contribution is 5.90. The number of hydrogen-bond donors (Lipinski definition) is 1. The molecule has 2 rings (SSSR count). The summed E-state index contributed by atoms with van der Waals surface area (Å²) >= 11 is 0. The molecule has 0 radical (unpaired) electrons. The molecule has 0 saturated carbocycles. The number of carbonyl (C=O) groups excluding carboxylic acids is 1. The van der Waals surface area contributed by atoms with Gasteiger partial charge in [0.25, 0.3) is 5.91 Å². The number of aromatic nitrogens is 1. The molecule has 5 heteroatoms. The lowest BCUT2D eigenvalue weighted by molar-refractivity contribution is -0.118. The van der Waals surface area contributed by atoms with Crippen LogP contribution in [0.1, 0.15) is 37.5 Å². The third kappa shape index (κ3) is 4.08. The van der Waals surface area contributed by atoms with Crippen molar-refractivity contribution in [3.05, 3.63) is 41.7 Å². The number of rotatable bonds is 6. The largest absolute Gasteiger partial charge is 0.483 e. The zero-order chi connectivity index (χ0) is 15.2. The van der Waals surface area contributed by atoms with Gasteiger partial charge in [0, 0.05) is 6.07 Å². The van der Waals surface area contributed by atoms with Crippen LogP contribution in [0.5, 0.6) is 5.75 Å². The summed E-state index contributed by atoms with van der Waals surface area (Å²) in [7, 11) is 0. The molecule has 1 aromatic carbocycles. The van der Waals surface area contributed by atoms with Gasteiger partial charge in [0.05, 0.1) is 0 Å². The second-order valence-corrected chi connectivity index (χ2v) is 5.01. The van der Waals surface area contributed by atoms with Gasteiger partial charge >= 0.3 is 0 Å². The Morgan fingerprint density at radius 3 is 2.86 bits per heavy atom. The second-order valence-electron chi connectivity index (χ2n) is 5.01. The van der Waals surface area contributed by atoms with Gasteiger partial charge in [-0.2, -0.15) is 0 Å². The number of para-hydroxylation sites is 1. The van der Waals surface area contributed by atoms with Crippen molar-refractivity contribution in [1.29, 1.82) is 0 Å². The number of amides is 1. The average Bonchev–Trinajstić information content (AvgIpc) is 2.89. The molecular weight excluding hydrogens is 268 g/mol. The Labute approximate surface area is 124 Å². The average molecular weight is 288 g/mol. The van der Waals surface area contributed by atoms with Crippen LogP contribution in [0.4, 0.5) is 5.82 Å². The fourth-order valence-corrected chi connectivity index (χ4v) is 1.99. The van der Waals surface area contributed by atoms with E-state index in [2.05, 4.69) is 24.3 Å². The van der Waals surface area contributed by atoms with Gasteiger partial charge < -0.3 is 14.6 Å². The summed E-state index contributed by atoms with van der Waals surface area (Å²) in [6, 6.07) is 9.45.